The van der Waals surface area contributed by atoms with Crippen molar-refractivity contribution in [1.82, 2.24) is 30.2 Å². The Morgan fingerprint density at radius 3 is 3.00 bits per heavy atom. The van der Waals surface area contributed by atoms with Crippen molar-refractivity contribution in [2.75, 3.05) is 13.1 Å². The Kier molecular flexibility index (Phi) is 5.30. The van der Waals surface area contributed by atoms with E-state index < -0.39 is 0 Å². The SMILES string of the molecule is O=C(NCC1CC2(CCC2)CN1C(=O)/C=C/c1cnc[nH]c1=O)c1nc2cccnc2s1. The first-order valence-electron chi connectivity index (χ1n) is 10.5. The Balaban J connectivity index is 1.28. The molecule has 32 heavy (non-hydrogen) atoms. The highest BCUT2D eigenvalue weighted by atomic mass is 32.1. The van der Waals surface area contributed by atoms with Gasteiger partial charge >= 0.3 is 0 Å². The van der Waals surface area contributed by atoms with Crippen molar-refractivity contribution < 1.29 is 9.59 Å². The number of fused-ring (bicyclic) bond motifs is 1. The fourth-order valence-electron chi connectivity index (χ4n) is 4.53. The number of aromatic nitrogens is 4. The minimum absolute atomic E-state index is 0.101. The quantitative estimate of drug-likeness (QED) is 0.574. The molecule has 4 heterocycles. The van der Waals surface area contributed by atoms with E-state index in [0.717, 1.165) is 24.1 Å². The summed E-state index contributed by atoms with van der Waals surface area (Å²) in [5.41, 5.74) is 0.872. The van der Waals surface area contributed by atoms with Gasteiger partial charge < -0.3 is 15.2 Å². The van der Waals surface area contributed by atoms with Crippen LogP contribution in [0.3, 0.4) is 0 Å². The van der Waals surface area contributed by atoms with Gasteiger partial charge in [0.1, 0.15) is 10.3 Å². The molecule has 1 saturated carbocycles. The van der Waals surface area contributed by atoms with Gasteiger partial charge in [-0.1, -0.05) is 17.8 Å². The molecular formula is C22H22N6O3S. The topological polar surface area (TPSA) is 121 Å². The molecule has 0 bridgehead atoms. The van der Waals surface area contributed by atoms with Crippen LogP contribution in [0.5, 0.6) is 0 Å². The number of carbonyl (C=O) groups is 2. The first-order chi connectivity index (χ1) is 15.5. The summed E-state index contributed by atoms with van der Waals surface area (Å²) in [7, 11) is 0. The second-order valence-corrected chi connectivity index (χ2v) is 9.38. The number of hydrogen-bond donors (Lipinski definition) is 2. The number of hydrogen-bond acceptors (Lipinski definition) is 7. The Bertz CT molecular complexity index is 1230. The molecule has 2 N–H and O–H groups in total. The summed E-state index contributed by atoms with van der Waals surface area (Å²) in [5, 5.41) is 3.32. The fourth-order valence-corrected chi connectivity index (χ4v) is 5.35. The number of amides is 2. The molecular weight excluding hydrogens is 428 g/mol. The first-order valence-corrected chi connectivity index (χ1v) is 11.4. The third-order valence-electron chi connectivity index (χ3n) is 6.32. The van der Waals surface area contributed by atoms with Crippen LogP contribution in [0.4, 0.5) is 0 Å². The molecule has 5 rings (SSSR count). The molecule has 1 atom stereocenters. The third kappa shape index (κ3) is 3.93. The van der Waals surface area contributed by atoms with Crippen LogP contribution < -0.4 is 10.9 Å². The standard InChI is InChI=1S/C22H22N6O3S/c29-17(5-4-14-10-23-13-26-18(14)30)28-12-22(6-2-7-22)9-15(28)11-25-19(31)21-27-16-3-1-8-24-20(16)32-21/h1,3-5,8,10,13,15H,2,6-7,9,11-12H2,(H,25,31)(H,23,26,30)/b5-4+. The van der Waals surface area contributed by atoms with Crippen LogP contribution in [0.15, 0.2) is 41.7 Å². The van der Waals surface area contributed by atoms with E-state index in [2.05, 4.69) is 25.3 Å². The molecule has 3 aromatic heterocycles. The summed E-state index contributed by atoms with van der Waals surface area (Å²) < 4.78 is 0. The molecule has 1 saturated heterocycles. The number of H-pyrrole nitrogens is 1. The average molecular weight is 451 g/mol. The Hall–Kier alpha value is -3.40. The maximum absolute atomic E-state index is 13.0. The number of aromatic amines is 1. The number of pyridine rings is 1. The second kappa shape index (κ2) is 8.27. The largest absolute Gasteiger partial charge is 0.348 e. The maximum Gasteiger partial charge on any atom is 0.280 e. The van der Waals surface area contributed by atoms with Crippen LogP contribution in [-0.4, -0.2) is 55.8 Å². The number of likely N-dealkylation sites (tertiary alicyclic amines) is 1. The van der Waals surface area contributed by atoms with Crippen LogP contribution in [0, 0.1) is 5.41 Å². The monoisotopic (exact) mass is 450 g/mol. The van der Waals surface area contributed by atoms with Gasteiger partial charge in [-0.05, 0) is 42.9 Å². The van der Waals surface area contributed by atoms with Crippen molar-refractivity contribution in [2.24, 2.45) is 5.41 Å². The molecule has 2 aliphatic rings. The molecule has 164 valence electrons. The fraction of sp³-hybridized carbons (Fsp3) is 0.364. The van der Waals surface area contributed by atoms with Gasteiger partial charge in [0.2, 0.25) is 5.91 Å². The van der Waals surface area contributed by atoms with E-state index in [1.165, 1.54) is 42.4 Å². The predicted molar refractivity (Wildman–Crippen MR) is 120 cm³/mol. The normalized spacial score (nSPS) is 19.5. The van der Waals surface area contributed by atoms with Crippen LogP contribution in [0.2, 0.25) is 0 Å². The van der Waals surface area contributed by atoms with Crippen molar-refractivity contribution >= 4 is 39.6 Å². The van der Waals surface area contributed by atoms with Crippen molar-refractivity contribution in [2.45, 2.75) is 31.7 Å². The lowest BCUT2D eigenvalue weighted by Crippen LogP contribution is -2.42. The third-order valence-corrected chi connectivity index (χ3v) is 7.30. The van der Waals surface area contributed by atoms with Crippen molar-refractivity contribution in [3.63, 3.8) is 0 Å². The van der Waals surface area contributed by atoms with Gasteiger partial charge in [-0.15, -0.1) is 0 Å². The number of thiazole rings is 1. The van der Waals surface area contributed by atoms with E-state index in [1.807, 2.05) is 11.0 Å². The summed E-state index contributed by atoms with van der Waals surface area (Å²) in [6.45, 7) is 1.03. The summed E-state index contributed by atoms with van der Waals surface area (Å²) in [5.74, 6) is -0.423. The highest BCUT2D eigenvalue weighted by Crippen LogP contribution is 2.50. The highest BCUT2D eigenvalue weighted by Gasteiger charge is 2.48. The minimum Gasteiger partial charge on any atom is -0.348 e. The molecule has 10 heteroatoms. The summed E-state index contributed by atoms with van der Waals surface area (Å²) in [6.07, 6.45) is 11.5. The summed E-state index contributed by atoms with van der Waals surface area (Å²) in [4.78, 5) is 55.0. The number of nitrogens with zero attached hydrogens (tertiary/aromatic N) is 4. The molecule has 1 unspecified atom stereocenters. The lowest BCUT2D eigenvalue weighted by Gasteiger charge is -2.37. The average Bonchev–Trinajstić information content (AvgIpc) is 3.39. The van der Waals surface area contributed by atoms with E-state index in [4.69, 9.17) is 0 Å². The predicted octanol–water partition coefficient (Wildman–Crippen LogP) is 1.99. The Morgan fingerprint density at radius 2 is 2.25 bits per heavy atom. The van der Waals surface area contributed by atoms with E-state index in [9.17, 15) is 14.4 Å². The molecule has 9 nitrogen and oxygen atoms in total. The molecule has 2 fully saturated rings. The molecule has 0 aromatic carbocycles. The van der Waals surface area contributed by atoms with E-state index in [0.29, 0.717) is 29.2 Å². The Morgan fingerprint density at radius 1 is 1.38 bits per heavy atom. The molecule has 0 radical (unpaired) electrons. The van der Waals surface area contributed by atoms with Gasteiger partial charge in [0.15, 0.2) is 5.01 Å². The second-order valence-electron chi connectivity index (χ2n) is 8.40. The number of nitrogens with one attached hydrogen (secondary N) is 2. The van der Waals surface area contributed by atoms with Crippen LogP contribution in [0.25, 0.3) is 16.4 Å². The van der Waals surface area contributed by atoms with E-state index in [1.54, 1.807) is 12.3 Å². The molecule has 2 amide bonds. The highest BCUT2D eigenvalue weighted by molar-refractivity contribution is 7.19. The lowest BCUT2D eigenvalue weighted by molar-refractivity contribution is -0.127. The van der Waals surface area contributed by atoms with Gasteiger partial charge in [0.25, 0.3) is 11.5 Å². The van der Waals surface area contributed by atoms with Gasteiger partial charge in [-0.2, -0.15) is 0 Å². The van der Waals surface area contributed by atoms with Crippen LogP contribution in [0.1, 0.15) is 41.0 Å². The smallest absolute Gasteiger partial charge is 0.280 e. The van der Waals surface area contributed by atoms with Crippen LogP contribution >= 0.6 is 11.3 Å². The first kappa shape index (κ1) is 20.5. The number of rotatable bonds is 5. The van der Waals surface area contributed by atoms with E-state index >= 15 is 0 Å². The van der Waals surface area contributed by atoms with E-state index in [-0.39, 0.29) is 28.8 Å². The van der Waals surface area contributed by atoms with Crippen LogP contribution in [-0.2, 0) is 4.79 Å². The minimum atomic E-state index is -0.296. The molecule has 3 aromatic rings. The zero-order valence-electron chi connectivity index (χ0n) is 17.3. The van der Waals surface area contributed by atoms with Gasteiger partial charge in [0.05, 0.1) is 11.9 Å². The Labute approximate surface area is 187 Å². The zero-order chi connectivity index (χ0) is 22.1. The molecule has 1 spiro atoms. The van der Waals surface area contributed by atoms with Crippen molar-refractivity contribution in [3.05, 3.63) is 57.9 Å². The lowest BCUT2D eigenvalue weighted by atomic mass is 9.67. The summed E-state index contributed by atoms with van der Waals surface area (Å²) >= 11 is 1.25. The van der Waals surface area contributed by atoms with Crippen molar-refractivity contribution in [1.29, 1.82) is 0 Å². The molecule has 1 aliphatic heterocycles. The van der Waals surface area contributed by atoms with Gasteiger partial charge in [-0.3, -0.25) is 14.4 Å². The summed E-state index contributed by atoms with van der Waals surface area (Å²) in [6, 6.07) is 3.51. The number of carbonyl (C=O) groups excluding carboxylic acids is 2. The van der Waals surface area contributed by atoms with Crippen molar-refractivity contribution in [3.8, 4) is 0 Å². The zero-order valence-corrected chi connectivity index (χ0v) is 18.1. The molecule has 1 aliphatic carbocycles. The van der Waals surface area contributed by atoms with Gasteiger partial charge in [-0.25, -0.2) is 15.0 Å². The van der Waals surface area contributed by atoms with Gasteiger partial charge in [0, 0.05) is 37.6 Å². The maximum atomic E-state index is 13.0.